The van der Waals surface area contributed by atoms with Crippen molar-refractivity contribution in [2.75, 3.05) is 0 Å². The average Bonchev–Trinajstić information content (AvgIpc) is 3.69. The van der Waals surface area contributed by atoms with E-state index in [0.717, 1.165) is 0 Å². The Morgan fingerprint density at radius 3 is 1.09 bits per heavy atom. The van der Waals surface area contributed by atoms with Crippen molar-refractivity contribution < 1.29 is 23.3 Å². The van der Waals surface area contributed by atoms with Crippen LogP contribution in [0, 0.1) is 14.9 Å². The van der Waals surface area contributed by atoms with Crippen molar-refractivity contribution in [2.45, 2.75) is 0 Å². The van der Waals surface area contributed by atoms with Crippen LogP contribution in [0.1, 0.15) is 0 Å². The molecule has 0 saturated heterocycles. The maximum absolute atomic E-state index is 3.06. The molecule has 0 atom stereocenters. The molecule has 220 valence electrons. The summed E-state index contributed by atoms with van der Waals surface area (Å²) in [6, 6.07) is 56.2. The van der Waals surface area contributed by atoms with E-state index in [1.807, 2.05) is 0 Å². The van der Waals surface area contributed by atoms with Gasteiger partial charge in [-0.25, -0.2) is 0 Å². The van der Waals surface area contributed by atoms with Gasteiger partial charge in [-0.1, -0.05) is 166 Å². The third-order valence-electron chi connectivity index (χ3n) is 7.44. The molecule has 0 aliphatic rings. The summed E-state index contributed by atoms with van der Waals surface area (Å²) in [7, 11) is 0. The zero-order valence-corrected chi connectivity index (χ0v) is 29.9. The van der Waals surface area contributed by atoms with Crippen molar-refractivity contribution in [3.8, 4) is 22.3 Å². The number of hydrogen-bond donors (Lipinski definition) is 0. The van der Waals surface area contributed by atoms with Gasteiger partial charge >= 0.3 is 30.2 Å². The second-order valence-electron chi connectivity index (χ2n) is 9.80. The van der Waals surface area contributed by atoms with Gasteiger partial charge in [-0.3, -0.25) is 0 Å². The fourth-order valence-corrected chi connectivity index (χ4v) is 5.52. The first kappa shape index (κ1) is 36.9. The van der Waals surface area contributed by atoms with Gasteiger partial charge in [0.25, 0.3) is 0 Å². The second kappa shape index (κ2) is 17.3. The van der Waals surface area contributed by atoms with Crippen LogP contribution in [0.5, 0.6) is 0 Å². The molecule has 0 aromatic heterocycles. The molecule has 0 bridgehead atoms. The summed E-state index contributed by atoms with van der Waals surface area (Å²) in [6.45, 7) is 3.06. The fourth-order valence-electron chi connectivity index (χ4n) is 5.52. The molecule has 2 radical (unpaired) electrons. The van der Waals surface area contributed by atoms with Crippen molar-refractivity contribution in [1.82, 2.24) is 0 Å². The molecule has 0 unspecified atom stereocenters. The minimum Gasteiger partial charge on any atom is -0.145 e. The average molecular weight is 705 g/mol. The molecule has 0 spiro atoms. The van der Waals surface area contributed by atoms with E-state index in [0.29, 0.717) is 0 Å². The van der Waals surface area contributed by atoms with E-state index in [2.05, 4.69) is 165 Å². The van der Waals surface area contributed by atoms with Crippen LogP contribution in [0.4, 0.5) is 0 Å². The second-order valence-corrected chi connectivity index (χ2v) is 9.80. The van der Waals surface area contributed by atoms with Gasteiger partial charge in [-0.05, 0) is 0 Å². The normalized spacial score (nSPS) is 9.70. The van der Waals surface area contributed by atoms with E-state index in [4.69, 9.17) is 0 Å². The molecule has 8 rings (SSSR count). The molecular weight excluding hydrogens is 671 g/mol. The van der Waals surface area contributed by atoms with E-state index in [-0.39, 0.29) is 39.7 Å². The molecule has 0 fully saturated rings. The molecule has 0 heterocycles. The summed E-state index contributed by atoms with van der Waals surface area (Å²) in [5.74, 6) is 0. The van der Waals surface area contributed by atoms with E-state index in [9.17, 15) is 0 Å². The smallest absolute Gasteiger partial charge is 0.0520 e. The Kier molecular flexibility index (Phi) is 14.5. The van der Waals surface area contributed by atoms with Crippen LogP contribution >= 0.6 is 24.8 Å². The SMILES string of the molecule is Cl.Cl.[CH3-].[CH3-].[Si]=[Zr].c1ccc(-c2cc3ccc4ccccc4c3[cH-]2)cc1.c1ccc(-c2cc3ccc4ccccc4c3[cH-]2)cc1. The molecular formula is C40H34Cl2SiZr-4. The Hall–Kier alpha value is -3.26. The van der Waals surface area contributed by atoms with E-state index < -0.39 is 0 Å². The summed E-state index contributed by atoms with van der Waals surface area (Å²) < 4.78 is 0. The molecule has 0 aliphatic carbocycles. The molecule has 8 aromatic carbocycles. The first-order valence-electron chi connectivity index (χ1n) is 13.4. The molecule has 44 heavy (non-hydrogen) atoms. The van der Waals surface area contributed by atoms with Gasteiger partial charge in [0.2, 0.25) is 0 Å². The predicted octanol–water partition coefficient (Wildman–Crippen LogP) is 12.1. The maximum atomic E-state index is 3.06. The molecule has 8 aromatic rings. The summed E-state index contributed by atoms with van der Waals surface area (Å²) in [6.07, 6.45) is 0. The van der Waals surface area contributed by atoms with Gasteiger partial charge in [0, 0.05) is 0 Å². The number of benzene rings is 6. The van der Waals surface area contributed by atoms with Gasteiger partial charge < -0.3 is 14.9 Å². The van der Waals surface area contributed by atoms with Crippen molar-refractivity contribution >= 4 is 74.8 Å². The fraction of sp³-hybridized carbons (Fsp3) is 0. The van der Waals surface area contributed by atoms with Gasteiger partial charge in [0.05, 0.1) is 0 Å². The summed E-state index contributed by atoms with van der Waals surface area (Å²) in [5, 5.41) is 10.6. The Morgan fingerprint density at radius 1 is 0.386 bits per heavy atom. The zero-order chi connectivity index (χ0) is 27.3. The number of fused-ring (bicyclic) bond motifs is 6. The Balaban J connectivity index is 0.000000268. The van der Waals surface area contributed by atoms with Crippen LogP contribution in [0.25, 0.3) is 65.3 Å². The van der Waals surface area contributed by atoms with Crippen LogP contribution in [0.3, 0.4) is 0 Å². The van der Waals surface area contributed by atoms with E-state index in [1.165, 1.54) is 88.7 Å². The summed E-state index contributed by atoms with van der Waals surface area (Å²) >= 11 is 1.36. The van der Waals surface area contributed by atoms with Crippen molar-refractivity contribution in [2.24, 2.45) is 0 Å². The zero-order valence-electron chi connectivity index (χ0n) is 24.8. The van der Waals surface area contributed by atoms with Crippen LogP contribution in [-0.2, 0) is 23.3 Å². The van der Waals surface area contributed by atoms with Gasteiger partial charge in [0.1, 0.15) is 0 Å². The first-order valence-corrected chi connectivity index (χ1v) is 17.5. The Labute approximate surface area is 290 Å². The molecule has 0 saturated carbocycles. The van der Waals surface area contributed by atoms with Crippen LogP contribution in [0.2, 0.25) is 0 Å². The largest absolute Gasteiger partial charge is 0.145 e. The predicted molar refractivity (Wildman–Crippen MR) is 198 cm³/mol. The molecule has 4 heteroatoms. The van der Waals surface area contributed by atoms with Gasteiger partial charge in [0.15, 0.2) is 0 Å². The van der Waals surface area contributed by atoms with Crippen LogP contribution < -0.4 is 0 Å². The third kappa shape index (κ3) is 7.68. The summed E-state index contributed by atoms with van der Waals surface area (Å²) in [5.41, 5.74) is 5.16. The van der Waals surface area contributed by atoms with Crippen LogP contribution in [-0.4, -0.2) is 6.88 Å². The first-order chi connectivity index (χ1) is 19.8. The van der Waals surface area contributed by atoms with E-state index >= 15 is 0 Å². The van der Waals surface area contributed by atoms with Gasteiger partial charge in [-0.2, -0.15) is 0 Å². The minimum absolute atomic E-state index is 0. The van der Waals surface area contributed by atoms with Crippen molar-refractivity contribution in [1.29, 1.82) is 0 Å². The third-order valence-corrected chi connectivity index (χ3v) is 7.44. The Bertz CT molecular complexity index is 1890. The minimum atomic E-state index is 0. The summed E-state index contributed by atoms with van der Waals surface area (Å²) in [4.78, 5) is 0. The van der Waals surface area contributed by atoms with Crippen molar-refractivity contribution in [3.63, 3.8) is 0 Å². The molecule has 0 amide bonds. The topological polar surface area (TPSA) is 0 Å². The molecule has 0 aliphatic heterocycles. The quantitative estimate of drug-likeness (QED) is 0.124. The van der Waals surface area contributed by atoms with Crippen LogP contribution in [0.15, 0.2) is 158 Å². The standard InChI is InChI=1S/2C19H13.2CH3.2ClH.Si.Zr/c2*1-2-6-14(7-3-1)17-12-16-11-10-15-8-4-5-9-18(15)19(16)13-17;;;;;;/h2*1-13H;2*1H3;2*1H;;/q4*-1;;;;. The number of rotatable bonds is 2. The van der Waals surface area contributed by atoms with Gasteiger partial charge in [-0.15, -0.1) is 81.8 Å². The number of hydrogen-bond acceptors (Lipinski definition) is 0. The monoisotopic (exact) mass is 702 g/mol. The number of halogens is 2. The van der Waals surface area contributed by atoms with E-state index in [1.54, 1.807) is 0 Å². The molecule has 0 nitrogen and oxygen atoms in total. The molecule has 0 N–H and O–H groups in total. The maximum Gasteiger partial charge on any atom is -0.0520 e. The van der Waals surface area contributed by atoms with Crippen molar-refractivity contribution in [3.05, 3.63) is 173 Å². The Morgan fingerprint density at radius 2 is 0.705 bits per heavy atom.